The summed E-state index contributed by atoms with van der Waals surface area (Å²) in [5.74, 6) is -0.229. The van der Waals surface area contributed by atoms with Gasteiger partial charge in [0, 0.05) is 33.1 Å². The highest BCUT2D eigenvalue weighted by atomic mass is 35.5. The minimum atomic E-state index is -0.229. The largest absolute Gasteiger partial charge is 0.455 e. The quantitative estimate of drug-likeness (QED) is 0.374. The van der Waals surface area contributed by atoms with Gasteiger partial charge in [-0.3, -0.25) is 9.78 Å². The fraction of sp³-hybridized carbons (Fsp3) is 0. The third kappa shape index (κ3) is 3.13. The lowest BCUT2D eigenvalue weighted by Crippen LogP contribution is -2.12. The Hall–Kier alpha value is -3.63. The van der Waals surface area contributed by atoms with Crippen LogP contribution in [-0.4, -0.2) is 10.9 Å². The molecule has 140 valence electrons. The van der Waals surface area contributed by atoms with Crippen molar-refractivity contribution in [2.75, 3.05) is 5.32 Å². The predicted molar refractivity (Wildman–Crippen MR) is 116 cm³/mol. The van der Waals surface area contributed by atoms with Gasteiger partial charge in [-0.25, -0.2) is 0 Å². The highest BCUT2D eigenvalue weighted by Gasteiger charge is 2.16. The molecule has 3 aromatic carbocycles. The lowest BCUT2D eigenvalue weighted by molar-refractivity contribution is 0.102. The molecule has 1 amide bonds. The first-order valence-electron chi connectivity index (χ1n) is 9.13. The Kier molecular flexibility index (Phi) is 4.26. The molecule has 0 aliphatic carbocycles. The molecule has 4 nitrogen and oxygen atoms in total. The van der Waals surface area contributed by atoms with E-state index in [1.165, 1.54) is 0 Å². The van der Waals surface area contributed by atoms with Crippen molar-refractivity contribution in [3.63, 3.8) is 0 Å². The van der Waals surface area contributed by atoms with E-state index in [0.29, 0.717) is 22.0 Å². The van der Waals surface area contributed by atoms with E-state index in [1.807, 2.05) is 48.5 Å². The van der Waals surface area contributed by atoms with Gasteiger partial charge in [0.05, 0.1) is 11.4 Å². The Morgan fingerprint density at radius 1 is 0.862 bits per heavy atom. The van der Waals surface area contributed by atoms with Crippen molar-refractivity contribution in [1.29, 1.82) is 0 Å². The van der Waals surface area contributed by atoms with Crippen LogP contribution in [0.15, 0.2) is 89.5 Å². The van der Waals surface area contributed by atoms with Crippen LogP contribution in [-0.2, 0) is 0 Å². The van der Waals surface area contributed by atoms with Crippen LogP contribution in [0, 0.1) is 0 Å². The Bertz CT molecular complexity index is 1360. The maximum atomic E-state index is 12.7. The fourth-order valence-corrected chi connectivity index (χ4v) is 3.58. The number of nitrogens with zero attached hydrogens (tertiary/aromatic N) is 1. The van der Waals surface area contributed by atoms with Crippen molar-refractivity contribution < 1.29 is 9.21 Å². The van der Waals surface area contributed by atoms with Crippen LogP contribution in [0.25, 0.3) is 33.2 Å². The summed E-state index contributed by atoms with van der Waals surface area (Å²) in [5.41, 5.74) is 4.17. The van der Waals surface area contributed by atoms with Gasteiger partial charge in [0.2, 0.25) is 0 Å². The summed E-state index contributed by atoms with van der Waals surface area (Å²) in [6, 6.07) is 24.2. The summed E-state index contributed by atoms with van der Waals surface area (Å²) >= 11 is 5.92. The minimum absolute atomic E-state index is 0.229. The van der Waals surface area contributed by atoms with Crippen LogP contribution in [0.3, 0.4) is 0 Å². The number of anilines is 1. The zero-order chi connectivity index (χ0) is 19.8. The van der Waals surface area contributed by atoms with E-state index in [0.717, 1.165) is 27.5 Å². The van der Waals surface area contributed by atoms with Crippen molar-refractivity contribution in [2.24, 2.45) is 0 Å². The SMILES string of the molecule is O=C(Nc1cccnc1-c1cccc2c1oc1ccccc12)c1ccc(Cl)cc1. The summed E-state index contributed by atoms with van der Waals surface area (Å²) in [6.07, 6.45) is 1.70. The normalized spacial score (nSPS) is 11.1. The van der Waals surface area contributed by atoms with Gasteiger partial charge < -0.3 is 9.73 Å². The number of para-hydroxylation sites is 2. The minimum Gasteiger partial charge on any atom is -0.455 e. The molecule has 0 fully saturated rings. The number of nitrogens with one attached hydrogen (secondary N) is 1. The van der Waals surface area contributed by atoms with Gasteiger partial charge >= 0.3 is 0 Å². The number of amides is 1. The molecule has 29 heavy (non-hydrogen) atoms. The van der Waals surface area contributed by atoms with Gasteiger partial charge in [0.1, 0.15) is 11.2 Å². The van der Waals surface area contributed by atoms with Crippen LogP contribution in [0.4, 0.5) is 5.69 Å². The summed E-state index contributed by atoms with van der Waals surface area (Å²) in [7, 11) is 0. The van der Waals surface area contributed by atoms with E-state index in [1.54, 1.807) is 36.5 Å². The van der Waals surface area contributed by atoms with Crippen LogP contribution >= 0.6 is 11.6 Å². The van der Waals surface area contributed by atoms with E-state index in [-0.39, 0.29) is 5.91 Å². The van der Waals surface area contributed by atoms with Gasteiger partial charge in [-0.1, -0.05) is 41.9 Å². The number of furan rings is 1. The molecule has 5 aromatic rings. The van der Waals surface area contributed by atoms with Gasteiger partial charge in [0.15, 0.2) is 0 Å². The number of benzene rings is 3. The third-order valence-electron chi connectivity index (χ3n) is 4.82. The molecule has 0 radical (unpaired) electrons. The number of carbonyl (C=O) groups excluding carboxylic acids is 1. The van der Waals surface area contributed by atoms with Crippen LogP contribution in [0.5, 0.6) is 0 Å². The molecule has 0 saturated carbocycles. The van der Waals surface area contributed by atoms with E-state index < -0.39 is 0 Å². The molecule has 2 aromatic heterocycles. The molecule has 5 rings (SSSR count). The summed E-state index contributed by atoms with van der Waals surface area (Å²) in [6.45, 7) is 0. The molecule has 0 unspecified atom stereocenters. The zero-order valence-corrected chi connectivity index (χ0v) is 16.0. The predicted octanol–water partition coefficient (Wildman–Crippen LogP) is 6.55. The average molecular weight is 399 g/mol. The van der Waals surface area contributed by atoms with Crippen molar-refractivity contribution in [2.45, 2.75) is 0 Å². The van der Waals surface area contributed by atoms with Crippen molar-refractivity contribution in [3.8, 4) is 11.3 Å². The summed E-state index contributed by atoms with van der Waals surface area (Å²) in [5, 5.41) is 5.60. The van der Waals surface area contributed by atoms with Crippen molar-refractivity contribution >= 4 is 45.1 Å². The number of fused-ring (bicyclic) bond motifs is 3. The summed E-state index contributed by atoms with van der Waals surface area (Å²) in [4.78, 5) is 17.2. The maximum absolute atomic E-state index is 12.7. The molecule has 0 aliphatic rings. The Labute approximate surface area is 171 Å². The van der Waals surface area contributed by atoms with Crippen molar-refractivity contribution in [1.82, 2.24) is 4.98 Å². The highest BCUT2D eigenvalue weighted by Crippen LogP contribution is 2.37. The topological polar surface area (TPSA) is 55.1 Å². The molecule has 5 heteroatoms. The monoisotopic (exact) mass is 398 g/mol. The highest BCUT2D eigenvalue weighted by molar-refractivity contribution is 6.30. The number of pyridine rings is 1. The van der Waals surface area contributed by atoms with E-state index in [4.69, 9.17) is 16.0 Å². The lowest BCUT2D eigenvalue weighted by atomic mass is 10.0. The first-order chi connectivity index (χ1) is 14.2. The van der Waals surface area contributed by atoms with Crippen LogP contribution in [0.2, 0.25) is 5.02 Å². The van der Waals surface area contributed by atoms with Gasteiger partial charge in [-0.15, -0.1) is 0 Å². The molecule has 0 spiro atoms. The van der Waals surface area contributed by atoms with Gasteiger partial charge in [-0.05, 0) is 48.5 Å². The molecule has 0 aliphatic heterocycles. The Morgan fingerprint density at radius 3 is 2.52 bits per heavy atom. The molecule has 2 heterocycles. The fourth-order valence-electron chi connectivity index (χ4n) is 3.45. The lowest BCUT2D eigenvalue weighted by Gasteiger charge is -2.11. The first-order valence-corrected chi connectivity index (χ1v) is 9.51. The molecule has 1 N–H and O–H groups in total. The smallest absolute Gasteiger partial charge is 0.255 e. The number of halogens is 1. The number of rotatable bonds is 3. The molecular formula is C24H15ClN2O2. The molecule has 0 bridgehead atoms. The molecular weight excluding hydrogens is 384 g/mol. The van der Waals surface area contributed by atoms with E-state index >= 15 is 0 Å². The molecule has 0 saturated heterocycles. The number of hydrogen-bond acceptors (Lipinski definition) is 3. The zero-order valence-electron chi connectivity index (χ0n) is 15.2. The summed E-state index contributed by atoms with van der Waals surface area (Å²) < 4.78 is 6.13. The first kappa shape index (κ1) is 17.5. The standard InChI is InChI=1S/C24H15ClN2O2/c25-16-12-10-15(11-13-16)24(28)27-20-8-4-14-26-22(20)19-7-3-6-18-17-5-1-2-9-21(17)29-23(18)19/h1-14H,(H,27,28). The van der Waals surface area contributed by atoms with Gasteiger partial charge in [-0.2, -0.15) is 0 Å². The van der Waals surface area contributed by atoms with Gasteiger partial charge in [0.25, 0.3) is 5.91 Å². The second-order valence-electron chi connectivity index (χ2n) is 6.64. The third-order valence-corrected chi connectivity index (χ3v) is 5.07. The number of carbonyl (C=O) groups is 1. The van der Waals surface area contributed by atoms with Crippen LogP contribution < -0.4 is 5.32 Å². The van der Waals surface area contributed by atoms with E-state index in [9.17, 15) is 4.79 Å². The Morgan fingerprint density at radius 2 is 1.66 bits per heavy atom. The number of aromatic nitrogens is 1. The number of hydrogen-bond donors (Lipinski definition) is 1. The molecule has 0 atom stereocenters. The second-order valence-corrected chi connectivity index (χ2v) is 7.08. The second kappa shape index (κ2) is 7.08. The average Bonchev–Trinajstić information content (AvgIpc) is 3.13. The maximum Gasteiger partial charge on any atom is 0.255 e. The Balaban J connectivity index is 1.61. The van der Waals surface area contributed by atoms with Crippen molar-refractivity contribution in [3.05, 3.63) is 95.6 Å². The van der Waals surface area contributed by atoms with E-state index in [2.05, 4.69) is 10.3 Å². The van der Waals surface area contributed by atoms with Crippen LogP contribution in [0.1, 0.15) is 10.4 Å².